The number of carbonyl (C=O) groups excluding carboxylic acids is 2. The number of Topliss-reactive ketones (excluding diaryl/α,β-unsaturated/α-hetero) is 1. The molecule has 6 nitrogen and oxygen atoms in total. The summed E-state index contributed by atoms with van der Waals surface area (Å²) in [4.78, 5) is 26.3. The second kappa shape index (κ2) is 4.94. The number of fused-ring (bicyclic) bond motifs is 5. The molecule has 0 saturated heterocycles. The maximum atomic E-state index is 13.3. The summed E-state index contributed by atoms with van der Waals surface area (Å²) in [5, 5.41) is 14.0. The number of nitrogens with one attached hydrogen (secondary N) is 1. The Morgan fingerprint density at radius 3 is 2.60 bits per heavy atom. The normalized spacial score (nSPS) is 25.8. The van der Waals surface area contributed by atoms with Gasteiger partial charge in [-0.25, -0.2) is 0 Å². The molecule has 1 aliphatic heterocycles. The molecular weight excluding hydrogens is 360 g/mol. The van der Waals surface area contributed by atoms with Gasteiger partial charge in [0.25, 0.3) is 5.79 Å². The third-order valence-electron chi connectivity index (χ3n) is 4.64. The van der Waals surface area contributed by atoms with E-state index in [4.69, 9.17) is 10.5 Å². The van der Waals surface area contributed by atoms with Gasteiger partial charge in [-0.15, -0.1) is 25.3 Å². The van der Waals surface area contributed by atoms with Gasteiger partial charge in [-0.05, 0) is 18.2 Å². The maximum Gasteiger partial charge on any atom is 0.271 e. The smallest absolute Gasteiger partial charge is 0.271 e. The van der Waals surface area contributed by atoms with E-state index in [0.717, 1.165) is 0 Å². The molecule has 0 saturated carbocycles. The molecule has 8 heteroatoms. The van der Waals surface area contributed by atoms with Crippen LogP contribution in [0.3, 0.4) is 0 Å². The molecule has 2 aromatic carbocycles. The first-order valence-electron chi connectivity index (χ1n) is 7.42. The standard InChI is InChI=1S/C17H14N2O4S2/c1-7(20)19-16-9-5-12(24)13(25)6-11(9)23-17(16,22)8-3-2-4-10(18)14(8)15(16)21/h2-6,22,24-25H,18H2,1H3,(H,19,20). The van der Waals surface area contributed by atoms with Crippen molar-refractivity contribution in [1.29, 1.82) is 0 Å². The Bertz CT molecular complexity index is 977. The largest absolute Gasteiger partial charge is 0.454 e. The third kappa shape index (κ3) is 1.81. The van der Waals surface area contributed by atoms with E-state index >= 15 is 0 Å². The van der Waals surface area contributed by atoms with Gasteiger partial charge in [-0.3, -0.25) is 9.59 Å². The molecule has 2 aromatic rings. The number of carbonyl (C=O) groups is 2. The van der Waals surface area contributed by atoms with Crippen molar-refractivity contribution in [2.45, 2.75) is 28.0 Å². The molecule has 1 amide bonds. The van der Waals surface area contributed by atoms with Crippen LogP contribution in [-0.4, -0.2) is 16.8 Å². The number of ether oxygens (including phenoxy) is 1. The average Bonchev–Trinajstić information content (AvgIpc) is 2.86. The minimum Gasteiger partial charge on any atom is -0.454 e. The van der Waals surface area contributed by atoms with Gasteiger partial charge in [0.2, 0.25) is 17.2 Å². The lowest BCUT2D eigenvalue weighted by Crippen LogP contribution is -2.59. The number of hydrogen-bond donors (Lipinski definition) is 5. The number of rotatable bonds is 1. The summed E-state index contributed by atoms with van der Waals surface area (Å²) in [7, 11) is 0. The topological polar surface area (TPSA) is 102 Å². The first-order chi connectivity index (χ1) is 11.7. The highest BCUT2D eigenvalue weighted by atomic mass is 32.1. The molecule has 0 radical (unpaired) electrons. The molecule has 0 bridgehead atoms. The summed E-state index contributed by atoms with van der Waals surface area (Å²) in [6.45, 7) is 1.27. The number of nitrogen functional groups attached to an aromatic ring is 1. The Morgan fingerprint density at radius 2 is 1.92 bits per heavy atom. The highest BCUT2D eigenvalue weighted by Crippen LogP contribution is 2.59. The van der Waals surface area contributed by atoms with Crippen molar-refractivity contribution in [3.05, 3.63) is 47.0 Å². The summed E-state index contributed by atoms with van der Waals surface area (Å²) >= 11 is 8.62. The molecule has 128 valence electrons. The summed E-state index contributed by atoms with van der Waals surface area (Å²) in [6, 6.07) is 7.85. The molecule has 2 atom stereocenters. The molecule has 2 unspecified atom stereocenters. The first-order valence-corrected chi connectivity index (χ1v) is 8.32. The van der Waals surface area contributed by atoms with Crippen LogP contribution in [0.2, 0.25) is 0 Å². The van der Waals surface area contributed by atoms with Gasteiger partial charge >= 0.3 is 0 Å². The summed E-state index contributed by atoms with van der Waals surface area (Å²) in [6.07, 6.45) is 0. The molecule has 0 aromatic heterocycles. The van der Waals surface area contributed by atoms with Crippen molar-refractivity contribution in [2.75, 3.05) is 5.73 Å². The fraction of sp³-hybridized carbons (Fsp3) is 0.176. The predicted octanol–water partition coefficient (Wildman–Crippen LogP) is 1.61. The molecule has 2 aliphatic rings. The SMILES string of the molecule is CC(=O)NC12C(=O)c3c(N)cccc3C1(O)Oc1cc(S)c(S)cc12. The lowest BCUT2D eigenvalue weighted by Gasteiger charge is -2.34. The number of thiol groups is 2. The van der Waals surface area contributed by atoms with Crippen molar-refractivity contribution in [2.24, 2.45) is 0 Å². The van der Waals surface area contributed by atoms with E-state index in [0.29, 0.717) is 15.4 Å². The number of aliphatic hydroxyl groups is 1. The Morgan fingerprint density at radius 1 is 1.24 bits per heavy atom. The van der Waals surface area contributed by atoms with Gasteiger partial charge in [0.15, 0.2) is 0 Å². The number of hydrogen-bond acceptors (Lipinski definition) is 7. The molecule has 4 rings (SSSR count). The van der Waals surface area contributed by atoms with E-state index in [-0.39, 0.29) is 22.6 Å². The highest BCUT2D eigenvalue weighted by molar-refractivity contribution is 7.83. The van der Waals surface area contributed by atoms with E-state index in [2.05, 4.69) is 30.6 Å². The quantitative estimate of drug-likeness (QED) is 0.386. The zero-order chi connectivity index (χ0) is 18.1. The van der Waals surface area contributed by atoms with Crippen molar-refractivity contribution < 1.29 is 19.4 Å². The van der Waals surface area contributed by atoms with Crippen LogP contribution in [0.4, 0.5) is 5.69 Å². The molecule has 4 N–H and O–H groups in total. The molecule has 1 heterocycles. The summed E-state index contributed by atoms with van der Waals surface area (Å²) < 4.78 is 5.79. The van der Waals surface area contributed by atoms with Gasteiger partial charge in [0.05, 0.1) is 5.56 Å². The van der Waals surface area contributed by atoms with E-state index in [9.17, 15) is 14.7 Å². The second-order valence-corrected chi connectivity index (χ2v) is 7.08. The van der Waals surface area contributed by atoms with Crippen molar-refractivity contribution in [3.63, 3.8) is 0 Å². The fourth-order valence-electron chi connectivity index (χ4n) is 3.65. The number of ketones is 1. The predicted molar refractivity (Wildman–Crippen MR) is 96.2 cm³/mol. The molecule has 0 fully saturated rings. The lowest BCUT2D eigenvalue weighted by atomic mass is 9.83. The van der Waals surface area contributed by atoms with E-state index in [1.54, 1.807) is 30.3 Å². The second-order valence-electron chi connectivity index (χ2n) is 6.11. The van der Waals surface area contributed by atoms with Gasteiger partial charge in [-0.2, -0.15) is 0 Å². The average molecular weight is 374 g/mol. The number of nitrogens with two attached hydrogens (primary N) is 1. The van der Waals surface area contributed by atoms with Gasteiger partial charge in [0, 0.05) is 33.5 Å². The van der Waals surface area contributed by atoms with Crippen LogP contribution in [0.5, 0.6) is 5.75 Å². The lowest BCUT2D eigenvalue weighted by molar-refractivity contribution is -0.175. The first kappa shape index (κ1) is 16.3. The van der Waals surface area contributed by atoms with E-state index in [1.165, 1.54) is 6.92 Å². The third-order valence-corrected chi connectivity index (χ3v) is 5.56. The van der Waals surface area contributed by atoms with Crippen molar-refractivity contribution in [3.8, 4) is 5.75 Å². The van der Waals surface area contributed by atoms with E-state index < -0.39 is 23.0 Å². The van der Waals surface area contributed by atoms with E-state index in [1.807, 2.05) is 0 Å². The Labute approximate surface area is 154 Å². The van der Waals surface area contributed by atoms with Crippen LogP contribution in [0.15, 0.2) is 40.1 Å². The Balaban J connectivity index is 2.10. The van der Waals surface area contributed by atoms with Gasteiger partial charge < -0.3 is 20.9 Å². The van der Waals surface area contributed by atoms with Crippen molar-refractivity contribution >= 4 is 42.6 Å². The number of anilines is 1. The molecule has 1 aliphatic carbocycles. The number of amides is 1. The maximum absolute atomic E-state index is 13.3. The van der Waals surface area contributed by atoms with Crippen LogP contribution in [0, 0.1) is 0 Å². The van der Waals surface area contributed by atoms with Crippen LogP contribution >= 0.6 is 25.3 Å². The zero-order valence-electron chi connectivity index (χ0n) is 13.0. The minimum absolute atomic E-state index is 0.139. The molecule has 25 heavy (non-hydrogen) atoms. The zero-order valence-corrected chi connectivity index (χ0v) is 14.8. The molecular formula is C17H14N2O4S2. The monoisotopic (exact) mass is 374 g/mol. The fourth-order valence-corrected chi connectivity index (χ4v) is 4.03. The summed E-state index contributed by atoms with van der Waals surface area (Å²) in [5.74, 6) is -2.88. The Hall–Kier alpha value is -2.16. The number of benzene rings is 2. The minimum atomic E-state index is -2.11. The Kier molecular flexibility index (Phi) is 3.22. The van der Waals surface area contributed by atoms with Gasteiger partial charge in [-0.1, -0.05) is 12.1 Å². The molecule has 0 spiro atoms. The van der Waals surface area contributed by atoms with Gasteiger partial charge in [0.1, 0.15) is 5.75 Å². The van der Waals surface area contributed by atoms with Crippen LogP contribution in [-0.2, 0) is 16.1 Å². The van der Waals surface area contributed by atoms with Crippen molar-refractivity contribution in [1.82, 2.24) is 5.32 Å². The van der Waals surface area contributed by atoms with Crippen LogP contribution in [0.1, 0.15) is 28.4 Å². The van der Waals surface area contributed by atoms with Crippen LogP contribution < -0.4 is 15.8 Å². The highest BCUT2D eigenvalue weighted by Gasteiger charge is 2.72. The van der Waals surface area contributed by atoms with Crippen LogP contribution in [0.25, 0.3) is 0 Å². The summed E-state index contributed by atoms with van der Waals surface area (Å²) in [5.41, 5.74) is 5.00.